The third-order valence-electron chi connectivity index (χ3n) is 2.71. The first kappa shape index (κ1) is 18.4. The van der Waals surface area contributed by atoms with E-state index in [1.165, 1.54) is 7.11 Å². The fourth-order valence-electron chi connectivity index (χ4n) is 1.57. The van der Waals surface area contributed by atoms with Crippen molar-refractivity contribution in [2.24, 2.45) is 11.7 Å². The van der Waals surface area contributed by atoms with Crippen LogP contribution in [0, 0.1) is 5.92 Å². The Labute approximate surface area is 116 Å². The lowest BCUT2D eigenvalue weighted by Crippen LogP contribution is -2.45. The average Bonchev–Trinajstić information content (AvgIpc) is 2.35. The van der Waals surface area contributed by atoms with Gasteiger partial charge in [0.1, 0.15) is 5.54 Å². The highest BCUT2D eigenvalue weighted by molar-refractivity contribution is 5.79. The first-order valence-electron chi connectivity index (χ1n) is 6.93. The standard InChI is InChI=1S/C14H29NO4/c1-12(2)11-19-10-9-18-8-6-5-7-14(3,15)13(16)17-4/h12H,5-11,15H2,1-4H3. The predicted octanol–water partition coefficient (Wildman–Crippen LogP) is 1.74. The SMILES string of the molecule is COC(=O)C(C)(N)CCCCOCCOCC(C)C. The molecule has 0 aromatic heterocycles. The van der Waals surface area contributed by atoms with Gasteiger partial charge in [0.05, 0.1) is 20.3 Å². The summed E-state index contributed by atoms with van der Waals surface area (Å²) in [5.41, 5.74) is 4.95. The summed E-state index contributed by atoms with van der Waals surface area (Å²) >= 11 is 0. The third kappa shape index (κ3) is 9.87. The van der Waals surface area contributed by atoms with E-state index in [9.17, 15) is 4.79 Å². The Hall–Kier alpha value is -0.650. The molecule has 0 rings (SSSR count). The molecule has 1 unspecified atom stereocenters. The second-order valence-corrected chi connectivity index (χ2v) is 5.45. The van der Waals surface area contributed by atoms with Crippen molar-refractivity contribution in [3.8, 4) is 0 Å². The lowest BCUT2D eigenvalue weighted by atomic mass is 9.96. The molecule has 0 aromatic carbocycles. The van der Waals surface area contributed by atoms with E-state index in [0.29, 0.717) is 32.2 Å². The Morgan fingerprint density at radius 2 is 1.79 bits per heavy atom. The number of rotatable bonds is 11. The molecule has 0 saturated heterocycles. The molecule has 0 fully saturated rings. The van der Waals surface area contributed by atoms with Gasteiger partial charge in [-0.2, -0.15) is 0 Å². The zero-order valence-electron chi connectivity index (χ0n) is 12.7. The molecule has 0 amide bonds. The van der Waals surface area contributed by atoms with Crippen LogP contribution in [0.2, 0.25) is 0 Å². The Bertz CT molecular complexity index is 242. The number of ether oxygens (including phenoxy) is 3. The topological polar surface area (TPSA) is 70.8 Å². The molecule has 0 spiro atoms. The number of unbranched alkanes of at least 4 members (excludes halogenated alkanes) is 1. The molecule has 19 heavy (non-hydrogen) atoms. The first-order valence-corrected chi connectivity index (χ1v) is 6.93. The van der Waals surface area contributed by atoms with Crippen molar-refractivity contribution in [3.63, 3.8) is 0 Å². The number of nitrogens with two attached hydrogens (primary N) is 1. The Kier molecular flexibility index (Phi) is 9.83. The van der Waals surface area contributed by atoms with E-state index in [4.69, 9.17) is 15.2 Å². The number of esters is 1. The number of carbonyl (C=O) groups excluding carboxylic acids is 1. The molecule has 0 aliphatic rings. The van der Waals surface area contributed by atoms with E-state index >= 15 is 0 Å². The van der Waals surface area contributed by atoms with E-state index in [2.05, 4.69) is 18.6 Å². The van der Waals surface area contributed by atoms with E-state index in [1.807, 2.05) is 0 Å². The maximum absolute atomic E-state index is 11.3. The number of hydrogen-bond acceptors (Lipinski definition) is 5. The Morgan fingerprint density at radius 3 is 2.37 bits per heavy atom. The van der Waals surface area contributed by atoms with Crippen molar-refractivity contribution in [3.05, 3.63) is 0 Å². The fraction of sp³-hybridized carbons (Fsp3) is 0.929. The molecular formula is C14H29NO4. The van der Waals surface area contributed by atoms with Crippen LogP contribution >= 0.6 is 0 Å². The van der Waals surface area contributed by atoms with Crippen LogP contribution in [0.5, 0.6) is 0 Å². The van der Waals surface area contributed by atoms with Gasteiger partial charge in [0.15, 0.2) is 0 Å². The zero-order chi connectivity index (χ0) is 14.7. The van der Waals surface area contributed by atoms with Gasteiger partial charge in [-0.15, -0.1) is 0 Å². The summed E-state index contributed by atoms with van der Waals surface area (Å²) in [4.78, 5) is 11.3. The molecule has 5 nitrogen and oxygen atoms in total. The molecule has 0 heterocycles. The van der Waals surface area contributed by atoms with E-state index in [1.54, 1.807) is 6.92 Å². The van der Waals surface area contributed by atoms with Gasteiger partial charge in [0, 0.05) is 13.2 Å². The van der Waals surface area contributed by atoms with Gasteiger partial charge in [-0.25, -0.2) is 0 Å². The van der Waals surface area contributed by atoms with Crippen molar-refractivity contribution in [2.75, 3.05) is 33.5 Å². The molecule has 0 saturated carbocycles. The van der Waals surface area contributed by atoms with Crippen LogP contribution in [-0.4, -0.2) is 45.0 Å². The molecule has 0 aliphatic carbocycles. The molecule has 5 heteroatoms. The van der Waals surface area contributed by atoms with Crippen molar-refractivity contribution < 1.29 is 19.0 Å². The minimum absolute atomic E-state index is 0.365. The van der Waals surface area contributed by atoms with Gasteiger partial charge in [-0.1, -0.05) is 13.8 Å². The fourth-order valence-corrected chi connectivity index (χ4v) is 1.57. The molecule has 0 radical (unpaired) electrons. The highest BCUT2D eigenvalue weighted by Crippen LogP contribution is 2.12. The predicted molar refractivity (Wildman–Crippen MR) is 74.9 cm³/mol. The highest BCUT2D eigenvalue weighted by atomic mass is 16.5. The zero-order valence-corrected chi connectivity index (χ0v) is 12.7. The van der Waals surface area contributed by atoms with Crippen molar-refractivity contribution in [1.29, 1.82) is 0 Å². The van der Waals surface area contributed by atoms with Gasteiger partial charge in [0.2, 0.25) is 0 Å². The second kappa shape index (κ2) is 10.2. The van der Waals surface area contributed by atoms with E-state index < -0.39 is 5.54 Å². The van der Waals surface area contributed by atoms with Gasteiger partial charge in [-0.05, 0) is 32.1 Å². The molecule has 2 N–H and O–H groups in total. The Morgan fingerprint density at radius 1 is 1.16 bits per heavy atom. The number of carbonyl (C=O) groups is 1. The van der Waals surface area contributed by atoms with Crippen LogP contribution in [0.25, 0.3) is 0 Å². The molecular weight excluding hydrogens is 246 g/mol. The molecule has 1 atom stereocenters. The summed E-state index contributed by atoms with van der Waals surface area (Å²) in [5, 5.41) is 0. The first-order chi connectivity index (χ1) is 8.90. The summed E-state index contributed by atoms with van der Waals surface area (Å²) in [6.07, 6.45) is 2.33. The second-order valence-electron chi connectivity index (χ2n) is 5.45. The summed E-state index contributed by atoms with van der Waals surface area (Å²) < 4.78 is 15.5. The Balaban J connectivity index is 3.38. The van der Waals surface area contributed by atoms with Crippen LogP contribution in [0.1, 0.15) is 40.0 Å². The molecule has 114 valence electrons. The minimum atomic E-state index is -0.894. The van der Waals surface area contributed by atoms with Gasteiger partial charge >= 0.3 is 5.97 Å². The quantitative estimate of drug-likeness (QED) is 0.459. The van der Waals surface area contributed by atoms with Gasteiger partial charge in [-0.3, -0.25) is 4.79 Å². The van der Waals surface area contributed by atoms with Crippen LogP contribution < -0.4 is 5.73 Å². The summed E-state index contributed by atoms with van der Waals surface area (Å²) in [7, 11) is 1.35. The lowest BCUT2D eigenvalue weighted by molar-refractivity contribution is -0.146. The van der Waals surface area contributed by atoms with Crippen molar-refractivity contribution in [2.45, 2.75) is 45.6 Å². The molecule has 0 aliphatic heterocycles. The molecule has 0 aromatic rings. The lowest BCUT2D eigenvalue weighted by Gasteiger charge is -2.20. The normalized spacial score (nSPS) is 14.4. The number of hydrogen-bond donors (Lipinski definition) is 1. The molecule has 0 bridgehead atoms. The van der Waals surface area contributed by atoms with E-state index in [-0.39, 0.29) is 5.97 Å². The summed E-state index contributed by atoms with van der Waals surface area (Å²) in [5.74, 6) is 0.191. The summed E-state index contributed by atoms with van der Waals surface area (Å²) in [6, 6.07) is 0. The van der Waals surface area contributed by atoms with Crippen LogP contribution in [0.3, 0.4) is 0 Å². The minimum Gasteiger partial charge on any atom is -0.468 e. The van der Waals surface area contributed by atoms with Gasteiger partial charge < -0.3 is 19.9 Å². The highest BCUT2D eigenvalue weighted by Gasteiger charge is 2.28. The average molecular weight is 275 g/mol. The van der Waals surface area contributed by atoms with E-state index in [0.717, 1.165) is 19.4 Å². The smallest absolute Gasteiger partial charge is 0.325 e. The van der Waals surface area contributed by atoms with Gasteiger partial charge in [0.25, 0.3) is 0 Å². The maximum atomic E-state index is 11.3. The summed E-state index contributed by atoms with van der Waals surface area (Å²) in [6.45, 7) is 8.62. The van der Waals surface area contributed by atoms with Crippen LogP contribution in [-0.2, 0) is 19.0 Å². The maximum Gasteiger partial charge on any atom is 0.325 e. The largest absolute Gasteiger partial charge is 0.468 e. The number of methoxy groups -OCH3 is 1. The van der Waals surface area contributed by atoms with Crippen molar-refractivity contribution in [1.82, 2.24) is 0 Å². The van der Waals surface area contributed by atoms with Crippen LogP contribution in [0.4, 0.5) is 0 Å². The van der Waals surface area contributed by atoms with Crippen molar-refractivity contribution >= 4 is 5.97 Å². The third-order valence-corrected chi connectivity index (χ3v) is 2.71. The van der Waals surface area contributed by atoms with Crippen LogP contribution in [0.15, 0.2) is 0 Å². The monoisotopic (exact) mass is 275 g/mol.